The lowest BCUT2D eigenvalue weighted by Crippen LogP contribution is -2.33. The van der Waals surface area contributed by atoms with E-state index in [1.807, 2.05) is 11.8 Å². The van der Waals surface area contributed by atoms with Crippen LogP contribution in [0.25, 0.3) is 0 Å². The molecule has 1 saturated heterocycles. The molecule has 0 radical (unpaired) electrons. The van der Waals surface area contributed by atoms with Gasteiger partial charge in [-0.3, -0.25) is 0 Å². The molecular weight excluding hydrogens is 298 g/mol. The zero-order valence-corrected chi connectivity index (χ0v) is 12.5. The molecule has 1 fully saturated rings. The molecule has 1 aromatic heterocycles. The van der Waals surface area contributed by atoms with Crippen molar-refractivity contribution in [2.75, 3.05) is 24.6 Å². The molecule has 0 atom stereocenters. The Labute approximate surface area is 115 Å². The molecule has 0 N–H and O–H groups in total. The lowest BCUT2D eigenvalue weighted by Gasteiger charge is -2.19. The van der Waals surface area contributed by atoms with Gasteiger partial charge in [-0.2, -0.15) is 16.1 Å². The van der Waals surface area contributed by atoms with Gasteiger partial charge in [0.25, 0.3) is 0 Å². The fraction of sp³-hybridized carbons (Fsp3) is 0.600. The number of hydrogen-bond donors (Lipinski definition) is 0. The quantitative estimate of drug-likeness (QED) is 0.805. The summed E-state index contributed by atoms with van der Waals surface area (Å²) in [5.41, 5.74) is 0. The van der Waals surface area contributed by atoms with Gasteiger partial charge in [0.05, 0.1) is 10.8 Å². The first kappa shape index (κ1) is 13.7. The van der Waals surface area contributed by atoms with Crippen molar-refractivity contribution in [1.29, 1.82) is 0 Å². The summed E-state index contributed by atoms with van der Waals surface area (Å²) >= 11 is 8.99. The number of nitrogens with zero attached hydrogens (tertiary/aromatic N) is 1. The van der Waals surface area contributed by atoms with Gasteiger partial charge in [-0.15, -0.1) is 22.9 Å². The molecule has 0 unspecified atom stereocenters. The molecule has 0 bridgehead atoms. The van der Waals surface area contributed by atoms with Crippen molar-refractivity contribution >= 4 is 44.7 Å². The second-order valence-corrected chi connectivity index (χ2v) is 8.11. The summed E-state index contributed by atoms with van der Waals surface area (Å²) in [6.07, 6.45) is 0.921. The topological polar surface area (TPSA) is 37.4 Å². The molecule has 2 heterocycles. The molecule has 0 aliphatic carbocycles. The molecule has 0 spiro atoms. The minimum absolute atomic E-state index is 0.259. The van der Waals surface area contributed by atoms with Crippen LogP contribution in [0.1, 0.15) is 11.3 Å². The summed E-state index contributed by atoms with van der Waals surface area (Å²) in [5.74, 6) is 2.17. The van der Waals surface area contributed by atoms with Crippen molar-refractivity contribution in [2.24, 2.45) is 0 Å². The molecule has 1 aromatic rings. The summed E-state index contributed by atoms with van der Waals surface area (Å²) in [7, 11) is -3.34. The van der Waals surface area contributed by atoms with E-state index in [1.54, 1.807) is 15.8 Å². The van der Waals surface area contributed by atoms with E-state index in [0.717, 1.165) is 22.8 Å². The molecule has 96 valence electrons. The van der Waals surface area contributed by atoms with Crippen molar-refractivity contribution in [3.05, 3.63) is 16.3 Å². The lowest BCUT2D eigenvalue weighted by atomic mass is 10.5. The normalized spacial score (nSPS) is 19.1. The Bertz CT molecular complexity index is 464. The van der Waals surface area contributed by atoms with E-state index in [1.165, 1.54) is 11.3 Å². The Hall–Kier alpha value is 0.250. The number of hydrogen-bond acceptors (Lipinski definition) is 4. The van der Waals surface area contributed by atoms with Crippen molar-refractivity contribution in [3.8, 4) is 0 Å². The molecule has 0 amide bonds. The highest BCUT2D eigenvalue weighted by molar-refractivity contribution is 7.99. The summed E-state index contributed by atoms with van der Waals surface area (Å²) in [5, 5.41) is 1.79. The molecule has 17 heavy (non-hydrogen) atoms. The van der Waals surface area contributed by atoms with Gasteiger partial charge in [0.1, 0.15) is 0 Å². The lowest BCUT2D eigenvalue weighted by molar-refractivity contribution is 0.435. The highest BCUT2D eigenvalue weighted by Gasteiger charge is 2.27. The number of thiophene rings is 1. The number of sulfonamides is 1. The van der Waals surface area contributed by atoms with E-state index in [9.17, 15) is 8.42 Å². The Balaban J connectivity index is 2.28. The minimum atomic E-state index is -3.34. The van der Waals surface area contributed by atoms with E-state index < -0.39 is 10.0 Å². The maximum absolute atomic E-state index is 12.4. The van der Waals surface area contributed by atoms with E-state index in [0.29, 0.717) is 18.0 Å². The fourth-order valence-electron chi connectivity index (χ4n) is 1.76. The van der Waals surface area contributed by atoms with Crippen LogP contribution in [-0.2, 0) is 15.9 Å². The molecule has 1 aliphatic heterocycles. The number of rotatable bonds is 3. The van der Waals surface area contributed by atoms with Crippen LogP contribution in [0.15, 0.2) is 16.3 Å². The summed E-state index contributed by atoms with van der Waals surface area (Å²) in [6.45, 7) is 1.22. The third kappa shape index (κ3) is 2.98. The highest BCUT2D eigenvalue weighted by Crippen LogP contribution is 2.27. The van der Waals surface area contributed by atoms with Crippen LogP contribution < -0.4 is 0 Å². The number of thioether (sulfide) groups is 1. The highest BCUT2D eigenvalue weighted by atomic mass is 35.5. The molecule has 7 heteroatoms. The third-order valence-electron chi connectivity index (χ3n) is 2.62. The zero-order valence-electron chi connectivity index (χ0n) is 9.26. The van der Waals surface area contributed by atoms with Crippen LogP contribution in [0, 0.1) is 0 Å². The Morgan fingerprint density at radius 1 is 1.35 bits per heavy atom. The van der Waals surface area contributed by atoms with Crippen LogP contribution in [-0.4, -0.2) is 37.3 Å². The average molecular weight is 312 g/mol. The Kier molecular flexibility index (Phi) is 4.77. The Morgan fingerprint density at radius 3 is 2.94 bits per heavy atom. The van der Waals surface area contributed by atoms with E-state index in [-0.39, 0.29) is 5.88 Å². The molecule has 1 aliphatic rings. The van der Waals surface area contributed by atoms with Gasteiger partial charge in [0.15, 0.2) is 0 Å². The molecular formula is C10H14ClNO2S3. The Morgan fingerprint density at radius 2 is 2.18 bits per heavy atom. The van der Waals surface area contributed by atoms with E-state index in [4.69, 9.17) is 11.6 Å². The van der Waals surface area contributed by atoms with Crippen LogP contribution in [0.4, 0.5) is 0 Å². The fourth-order valence-corrected chi connectivity index (χ4v) is 5.91. The van der Waals surface area contributed by atoms with Crippen LogP contribution >= 0.6 is 34.7 Å². The maximum Gasteiger partial charge on any atom is 0.244 e. The molecule has 3 nitrogen and oxygen atoms in total. The predicted molar refractivity (Wildman–Crippen MR) is 74.6 cm³/mol. The van der Waals surface area contributed by atoms with Gasteiger partial charge in [0, 0.05) is 23.7 Å². The average Bonchev–Trinajstić information content (AvgIpc) is 2.63. The monoisotopic (exact) mass is 311 g/mol. The number of halogens is 1. The minimum Gasteiger partial charge on any atom is -0.207 e. The summed E-state index contributed by atoms with van der Waals surface area (Å²) in [6, 6.07) is 1.66. The second kappa shape index (κ2) is 5.93. The van der Waals surface area contributed by atoms with Crippen molar-refractivity contribution in [3.63, 3.8) is 0 Å². The predicted octanol–water partition coefficient (Wildman–Crippen LogP) is 2.61. The van der Waals surface area contributed by atoms with Crippen molar-refractivity contribution in [1.82, 2.24) is 4.31 Å². The summed E-state index contributed by atoms with van der Waals surface area (Å²) < 4.78 is 26.5. The largest absolute Gasteiger partial charge is 0.244 e. The van der Waals surface area contributed by atoms with Gasteiger partial charge in [-0.05, 0) is 23.6 Å². The standard InChI is InChI=1S/C10H14ClNO2S3/c11-8-9-10(2-6-16-9)17(13,14)12-3-1-5-15-7-4-12/h2,6H,1,3-5,7-8H2. The molecule has 2 rings (SSSR count). The van der Waals surface area contributed by atoms with Crippen molar-refractivity contribution < 1.29 is 8.42 Å². The van der Waals surface area contributed by atoms with E-state index >= 15 is 0 Å². The maximum atomic E-state index is 12.4. The first-order valence-corrected chi connectivity index (χ1v) is 9.37. The van der Waals surface area contributed by atoms with Crippen LogP contribution in [0.2, 0.25) is 0 Å². The molecule has 0 aromatic carbocycles. The number of alkyl halides is 1. The van der Waals surface area contributed by atoms with Crippen LogP contribution in [0.5, 0.6) is 0 Å². The summed E-state index contributed by atoms with van der Waals surface area (Å²) in [4.78, 5) is 1.13. The van der Waals surface area contributed by atoms with Gasteiger partial charge < -0.3 is 0 Å². The van der Waals surface area contributed by atoms with Gasteiger partial charge >= 0.3 is 0 Å². The smallest absolute Gasteiger partial charge is 0.207 e. The van der Waals surface area contributed by atoms with E-state index in [2.05, 4.69) is 0 Å². The van der Waals surface area contributed by atoms with Gasteiger partial charge in [-0.25, -0.2) is 8.42 Å². The first-order chi connectivity index (χ1) is 8.16. The van der Waals surface area contributed by atoms with Gasteiger partial charge in [0.2, 0.25) is 10.0 Å². The zero-order chi connectivity index (χ0) is 12.3. The second-order valence-electron chi connectivity index (χ2n) is 3.71. The van der Waals surface area contributed by atoms with Gasteiger partial charge in [-0.1, -0.05) is 0 Å². The molecule has 0 saturated carbocycles. The third-order valence-corrected chi connectivity index (χ3v) is 7.13. The van der Waals surface area contributed by atoms with Crippen molar-refractivity contribution in [2.45, 2.75) is 17.2 Å². The van der Waals surface area contributed by atoms with Crippen LogP contribution in [0.3, 0.4) is 0 Å². The first-order valence-electron chi connectivity index (χ1n) is 5.36. The SMILES string of the molecule is O=S(=O)(c1ccsc1CCl)N1CCCSCC1.